The van der Waals surface area contributed by atoms with Crippen LogP contribution in [0, 0.1) is 0 Å². The Morgan fingerprint density at radius 2 is 2.17 bits per heavy atom. The Hall–Kier alpha value is -1.46. The third-order valence-electron chi connectivity index (χ3n) is 4.90. The predicted octanol–water partition coefficient (Wildman–Crippen LogP) is 2.95. The Labute approximate surface area is 184 Å². The van der Waals surface area contributed by atoms with Crippen molar-refractivity contribution in [3.8, 4) is 0 Å². The van der Waals surface area contributed by atoms with Gasteiger partial charge in [0.15, 0.2) is 6.29 Å². The second-order valence-corrected chi connectivity index (χ2v) is 7.78. The second kappa shape index (κ2) is 10.0. The molecular weight excluding hydrogens is 462 g/mol. The van der Waals surface area contributed by atoms with Crippen LogP contribution in [0.2, 0.25) is 0 Å². The molecule has 2 aliphatic rings. The molecule has 0 spiro atoms. The highest BCUT2D eigenvalue weighted by Crippen LogP contribution is 2.26. The molecule has 1 N–H and O–H groups in total. The number of fused-ring (bicyclic) bond motifs is 1. The molecule has 2 aromatic rings. The first kappa shape index (κ1) is 22.2. The third kappa shape index (κ3) is 5.37. The smallest absolute Gasteiger partial charge is 0.335 e. The first-order valence-corrected chi connectivity index (χ1v) is 10.2. The van der Waals surface area contributed by atoms with Crippen LogP contribution in [0.1, 0.15) is 29.6 Å². The van der Waals surface area contributed by atoms with Gasteiger partial charge in [-0.2, -0.15) is 13.5 Å². The summed E-state index contributed by atoms with van der Waals surface area (Å²) < 4.78 is 17.9. The maximum absolute atomic E-state index is 11.2. The van der Waals surface area contributed by atoms with Gasteiger partial charge in [0.25, 0.3) is 0 Å². The molecule has 0 radical (unpaired) electrons. The maximum atomic E-state index is 11.2. The molecule has 2 saturated heterocycles. The largest absolute Gasteiger partial charge is 0.478 e. The average Bonchev–Trinajstić information content (AvgIpc) is 2.73. The number of aromatic carboxylic acids is 1. The molecule has 29 heavy (non-hydrogen) atoms. The van der Waals surface area contributed by atoms with Gasteiger partial charge in [0.05, 0.1) is 36.6 Å². The molecule has 1 aromatic heterocycles. The van der Waals surface area contributed by atoms with Gasteiger partial charge in [0.2, 0.25) is 0 Å². The summed E-state index contributed by atoms with van der Waals surface area (Å²) in [7, 11) is 0. The summed E-state index contributed by atoms with van der Waals surface area (Å²) in [5.74, 6) is -0.259. The summed E-state index contributed by atoms with van der Waals surface area (Å²) in [6.07, 6.45) is 4.64. The van der Waals surface area contributed by atoms with Gasteiger partial charge >= 0.3 is 5.97 Å². The summed E-state index contributed by atoms with van der Waals surface area (Å²) in [6, 6.07) is 3.07. The zero-order valence-electron chi connectivity index (χ0n) is 15.8. The molecule has 0 bridgehead atoms. The van der Waals surface area contributed by atoms with Gasteiger partial charge in [-0.1, -0.05) is 0 Å². The third-order valence-corrected chi connectivity index (χ3v) is 5.51. The normalized spacial score (nSPS) is 22.3. The fourth-order valence-electron chi connectivity index (χ4n) is 3.43. The number of nitrogens with zero attached hydrogens (tertiary/aromatic N) is 3. The number of ether oxygens (including phenoxy) is 3. The molecule has 0 aliphatic carbocycles. The van der Waals surface area contributed by atoms with Crippen molar-refractivity contribution in [1.82, 2.24) is 9.97 Å². The number of hydrogen-bond acceptors (Lipinski definition) is 7. The van der Waals surface area contributed by atoms with Crippen LogP contribution in [0.3, 0.4) is 0 Å². The highest BCUT2D eigenvalue weighted by molar-refractivity contribution is 9.10. The number of carbonyl (C=O) groups is 1. The maximum Gasteiger partial charge on any atom is 0.335 e. The standard InChI is InChI=1S/C19H22BrN3O5.H2S/c20-14-7-12(19(24)25)8-15-18(14)22-16(9-21-15)23-4-6-26-13(10-23)11-28-17-3-1-2-5-27-17;/h7-9,13,17H,1-6,10-11H2,(H,24,25);1H2/t13-,17?;/m0./s1. The SMILES string of the molecule is O=C(O)c1cc(Br)c2nc(N3CCO[C@H](COC4CCCCO4)C3)cnc2c1.S. The first-order chi connectivity index (χ1) is 13.6. The quantitative estimate of drug-likeness (QED) is 0.690. The van der Waals surface area contributed by atoms with Gasteiger partial charge in [-0.05, 0) is 47.3 Å². The molecule has 2 aliphatic heterocycles. The topological polar surface area (TPSA) is 94.0 Å². The lowest BCUT2D eigenvalue weighted by molar-refractivity contribution is -0.180. The summed E-state index contributed by atoms with van der Waals surface area (Å²) >= 11 is 3.41. The predicted molar refractivity (Wildman–Crippen MR) is 116 cm³/mol. The molecule has 8 nitrogen and oxygen atoms in total. The monoisotopic (exact) mass is 485 g/mol. The van der Waals surface area contributed by atoms with Crippen LogP contribution in [0.15, 0.2) is 22.8 Å². The molecule has 0 saturated carbocycles. The molecule has 1 unspecified atom stereocenters. The second-order valence-electron chi connectivity index (χ2n) is 6.93. The van der Waals surface area contributed by atoms with Gasteiger partial charge in [0, 0.05) is 24.2 Å². The molecule has 0 amide bonds. The van der Waals surface area contributed by atoms with Crippen LogP contribution in [0.4, 0.5) is 5.82 Å². The van der Waals surface area contributed by atoms with E-state index in [1.165, 1.54) is 6.07 Å². The summed E-state index contributed by atoms with van der Waals surface area (Å²) in [5, 5.41) is 9.19. The number of benzene rings is 1. The van der Waals surface area contributed by atoms with Crippen molar-refractivity contribution in [2.75, 3.05) is 37.8 Å². The van der Waals surface area contributed by atoms with E-state index in [-0.39, 0.29) is 31.5 Å². The molecule has 2 atom stereocenters. The van der Waals surface area contributed by atoms with Gasteiger partial charge in [-0.3, -0.25) is 4.98 Å². The van der Waals surface area contributed by atoms with E-state index >= 15 is 0 Å². The van der Waals surface area contributed by atoms with E-state index in [4.69, 9.17) is 14.2 Å². The zero-order chi connectivity index (χ0) is 19.5. The summed E-state index contributed by atoms with van der Waals surface area (Å²) in [6.45, 7) is 3.18. The number of anilines is 1. The first-order valence-electron chi connectivity index (χ1n) is 9.39. The zero-order valence-corrected chi connectivity index (χ0v) is 18.4. The molecule has 158 valence electrons. The van der Waals surface area contributed by atoms with E-state index in [9.17, 15) is 9.90 Å². The minimum absolute atomic E-state index is 0. The van der Waals surface area contributed by atoms with Gasteiger partial charge in [0.1, 0.15) is 11.3 Å². The summed E-state index contributed by atoms with van der Waals surface area (Å²) in [4.78, 5) is 22.4. The molecule has 4 rings (SSSR count). The van der Waals surface area contributed by atoms with Gasteiger partial charge < -0.3 is 24.2 Å². The van der Waals surface area contributed by atoms with Crippen molar-refractivity contribution in [3.05, 3.63) is 28.4 Å². The van der Waals surface area contributed by atoms with E-state index in [2.05, 4.69) is 30.8 Å². The lowest BCUT2D eigenvalue weighted by Crippen LogP contribution is -2.45. The Morgan fingerprint density at radius 1 is 1.31 bits per heavy atom. The number of halogens is 1. The fraction of sp³-hybridized carbons (Fsp3) is 0.526. The molecule has 1 aromatic carbocycles. The van der Waals surface area contributed by atoms with Crippen molar-refractivity contribution >= 4 is 52.2 Å². The molecular formula is C19H24BrN3O5S. The van der Waals surface area contributed by atoms with Crippen molar-refractivity contribution in [3.63, 3.8) is 0 Å². The molecule has 2 fully saturated rings. The fourth-order valence-corrected chi connectivity index (χ4v) is 3.96. The lowest BCUT2D eigenvalue weighted by Gasteiger charge is -2.34. The molecule has 3 heterocycles. The number of carboxylic acids is 1. The number of rotatable bonds is 5. The Morgan fingerprint density at radius 3 is 2.93 bits per heavy atom. The van der Waals surface area contributed by atoms with Crippen molar-refractivity contribution in [1.29, 1.82) is 0 Å². The number of carboxylic acid groups (broad SMARTS) is 1. The highest BCUT2D eigenvalue weighted by Gasteiger charge is 2.24. The van der Waals surface area contributed by atoms with E-state index in [1.807, 2.05) is 0 Å². The van der Waals surface area contributed by atoms with E-state index in [1.54, 1.807) is 12.3 Å². The Bertz CT molecular complexity index is 865. The minimum atomic E-state index is -0.994. The van der Waals surface area contributed by atoms with E-state index in [0.29, 0.717) is 41.8 Å². The van der Waals surface area contributed by atoms with Crippen LogP contribution in [0.5, 0.6) is 0 Å². The van der Waals surface area contributed by atoms with Crippen molar-refractivity contribution in [2.45, 2.75) is 31.7 Å². The van der Waals surface area contributed by atoms with Crippen LogP contribution < -0.4 is 4.90 Å². The Kier molecular flexibility index (Phi) is 7.69. The van der Waals surface area contributed by atoms with Gasteiger partial charge in [-0.25, -0.2) is 9.78 Å². The Balaban J connectivity index is 0.00000240. The number of hydrogen-bond donors (Lipinski definition) is 1. The van der Waals surface area contributed by atoms with E-state index < -0.39 is 5.97 Å². The van der Waals surface area contributed by atoms with E-state index in [0.717, 1.165) is 31.7 Å². The molecule has 10 heteroatoms. The van der Waals surface area contributed by atoms with Gasteiger partial charge in [-0.15, -0.1) is 0 Å². The van der Waals surface area contributed by atoms with Crippen LogP contribution in [-0.2, 0) is 14.2 Å². The minimum Gasteiger partial charge on any atom is -0.478 e. The van der Waals surface area contributed by atoms with Crippen LogP contribution in [-0.4, -0.2) is 66.3 Å². The highest BCUT2D eigenvalue weighted by atomic mass is 79.9. The van der Waals surface area contributed by atoms with Crippen molar-refractivity contribution < 1.29 is 24.1 Å². The number of morpholine rings is 1. The van der Waals surface area contributed by atoms with Crippen molar-refractivity contribution in [2.24, 2.45) is 0 Å². The average molecular weight is 486 g/mol. The lowest BCUT2D eigenvalue weighted by atomic mass is 10.2. The van der Waals surface area contributed by atoms with Crippen LogP contribution >= 0.6 is 29.4 Å². The number of aromatic nitrogens is 2. The summed E-state index contributed by atoms with van der Waals surface area (Å²) in [5.41, 5.74) is 1.35. The van der Waals surface area contributed by atoms with Crippen LogP contribution in [0.25, 0.3) is 11.0 Å².